The van der Waals surface area contributed by atoms with Crippen LogP contribution in [0.4, 0.5) is 0 Å². The third-order valence-corrected chi connectivity index (χ3v) is 3.06. The van der Waals surface area contributed by atoms with Gasteiger partial charge in [0.15, 0.2) is 5.65 Å². The van der Waals surface area contributed by atoms with E-state index in [1.807, 2.05) is 30.5 Å². The van der Waals surface area contributed by atoms with E-state index in [0.29, 0.717) is 26.3 Å². The number of amides is 1. The van der Waals surface area contributed by atoms with E-state index >= 15 is 0 Å². The third kappa shape index (κ3) is 3.99. The van der Waals surface area contributed by atoms with Crippen LogP contribution in [0.2, 0.25) is 0 Å². The van der Waals surface area contributed by atoms with Crippen LogP contribution < -0.4 is 11.1 Å². The zero-order valence-electron chi connectivity index (χ0n) is 12.4. The molecule has 2 heterocycles. The van der Waals surface area contributed by atoms with E-state index in [9.17, 15) is 4.79 Å². The first-order chi connectivity index (χ1) is 10.1. The summed E-state index contributed by atoms with van der Waals surface area (Å²) in [5.41, 5.74) is 7.75. The van der Waals surface area contributed by atoms with Gasteiger partial charge >= 0.3 is 0 Å². The van der Waals surface area contributed by atoms with E-state index in [0.717, 1.165) is 22.7 Å². The Bertz CT molecular complexity index is 623. The predicted octanol–water partition coefficient (Wildman–Crippen LogP) is 0.351. The van der Waals surface area contributed by atoms with Crippen molar-refractivity contribution in [2.45, 2.75) is 26.9 Å². The van der Waals surface area contributed by atoms with Gasteiger partial charge in [0.2, 0.25) is 5.91 Å². The van der Waals surface area contributed by atoms with E-state index in [1.165, 1.54) is 0 Å². The maximum Gasteiger partial charge on any atom is 0.231 e. The van der Waals surface area contributed by atoms with E-state index < -0.39 is 0 Å². The lowest BCUT2D eigenvalue weighted by molar-refractivity contribution is -0.117. The van der Waals surface area contributed by atoms with Gasteiger partial charge in [-0.2, -0.15) is 0 Å². The summed E-state index contributed by atoms with van der Waals surface area (Å²) in [5.74, 6) is 0.435. The summed E-state index contributed by atoms with van der Waals surface area (Å²) >= 11 is 0. The fourth-order valence-electron chi connectivity index (χ4n) is 2.11. The van der Waals surface area contributed by atoms with Crippen LogP contribution in [0.25, 0.3) is 11.2 Å². The van der Waals surface area contributed by atoms with Gasteiger partial charge < -0.3 is 20.4 Å². The molecule has 0 saturated carbocycles. The van der Waals surface area contributed by atoms with Gasteiger partial charge in [-0.25, -0.2) is 9.97 Å². The van der Waals surface area contributed by atoms with Crippen molar-refractivity contribution in [1.82, 2.24) is 19.9 Å². The number of carbonyl (C=O) groups is 1. The molecule has 7 nitrogen and oxygen atoms in total. The molecule has 0 aliphatic heterocycles. The number of aryl methyl sites for hydroxylation is 1. The van der Waals surface area contributed by atoms with E-state index in [2.05, 4.69) is 15.3 Å². The highest BCUT2D eigenvalue weighted by Gasteiger charge is 2.12. The number of hydrogen-bond acceptors (Lipinski definition) is 5. The van der Waals surface area contributed by atoms with Crippen LogP contribution in [0.15, 0.2) is 12.1 Å². The molecule has 0 atom stereocenters. The molecule has 2 aromatic rings. The zero-order chi connectivity index (χ0) is 15.2. The number of ether oxygens (including phenoxy) is 1. The predicted molar refractivity (Wildman–Crippen MR) is 79.7 cm³/mol. The van der Waals surface area contributed by atoms with Gasteiger partial charge in [0.1, 0.15) is 11.3 Å². The Morgan fingerprint density at radius 3 is 2.95 bits per heavy atom. The van der Waals surface area contributed by atoms with Crippen molar-refractivity contribution in [3.8, 4) is 0 Å². The average molecular weight is 291 g/mol. The quantitative estimate of drug-likeness (QED) is 0.684. The molecule has 0 unspecified atom stereocenters. The molecular weight excluding hydrogens is 270 g/mol. The van der Waals surface area contributed by atoms with Gasteiger partial charge in [-0.05, 0) is 26.0 Å². The summed E-state index contributed by atoms with van der Waals surface area (Å²) in [6, 6.07) is 3.88. The summed E-state index contributed by atoms with van der Waals surface area (Å²) in [6.45, 7) is 6.45. The minimum absolute atomic E-state index is 0.126. The molecule has 3 N–H and O–H groups in total. The number of primary amides is 1. The Hall–Kier alpha value is -1.99. The molecule has 0 saturated heterocycles. The minimum Gasteiger partial charge on any atom is -0.380 e. The summed E-state index contributed by atoms with van der Waals surface area (Å²) < 4.78 is 7.43. The van der Waals surface area contributed by atoms with Gasteiger partial charge in [0.05, 0.1) is 19.7 Å². The van der Waals surface area contributed by atoms with Crippen LogP contribution in [-0.2, 0) is 22.6 Å². The second kappa shape index (κ2) is 7.14. The van der Waals surface area contributed by atoms with Crippen molar-refractivity contribution in [3.05, 3.63) is 23.7 Å². The lowest BCUT2D eigenvalue weighted by Crippen LogP contribution is -2.29. The molecule has 2 rings (SSSR count). The Balaban J connectivity index is 2.24. The SMILES string of the molecule is CCOCCn1c(CNCC(N)=O)nc2ccc(C)nc21. The third-order valence-electron chi connectivity index (χ3n) is 3.06. The smallest absolute Gasteiger partial charge is 0.231 e. The van der Waals surface area contributed by atoms with Gasteiger partial charge in [-0.3, -0.25) is 4.79 Å². The number of rotatable bonds is 8. The fourth-order valence-corrected chi connectivity index (χ4v) is 2.11. The molecular formula is C14H21N5O2. The second-order valence-electron chi connectivity index (χ2n) is 4.74. The number of fused-ring (bicyclic) bond motifs is 1. The number of aromatic nitrogens is 3. The van der Waals surface area contributed by atoms with Crippen LogP contribution in [0.1, 0.15) is 18.4 Å². The highest BCUT2D eigenvalue weighted by molar-refractivity contribution is 5.76. The molecule has 0 spiro atoms. The monoisotopic (exact) mass is 291 g/mol. The maximum atomic E-state index is 10.8. The topological polar surface area (TPSA) is 95.1 Å². The van der Waals surface area contributed by atoms with Gasteiger partial charge in [0.25, 0.3) is 0 Å². The van der Waals surface area contributed by atoms with Crippen LogP contribution in [0.5, 0.6) is 0 Å². The summed E-state index contributed by atoms with van der Waals surface area (Å²) in [7, 11) is 0. The molecule has 0 aromatic carbocycles. The Kier molecular flexibility index (Phi) is 5.24. The first-order valence-corrected chi connectivity index (χ1v) is 7.01. The summed E-state index contributed by atoms with van der Waals surface area (Å²) in [4.78, 5) is 19.9. The Labute approximate surface area is 123 Å². The van der Waals surface area contributed by atoms with Crippen LogP contribution in [0.3, 0.4) is 0 Å². The molecule has 0 bridgehead atoms. The number of hydrogen-bond donors (Lipinski definition) is 2. The van der Waals surface area contributed by atoms with E-state index in [1.54, 1.807) is 0 Å². The van der Waals surface area contributed by atoms with E-state index in [-0.39, 0.29) is 12.5 Å². The van der Waals surface area contributed by atoms with Gasteiger partial charge in [-0.1, -0.05) is 0 Å². The molecule has 114 valence electrons. The molecule has 21 heavy (non-hydrogen) atoms. The number of nitrogens with one attached hydrogen (secondary N) is 1. The lowest BCUT2D eigenvalue weighted by atomic mass is 10.3. The molecule has 0 radical (unpaired) electrons. The zero-order valence-corrected chi connectivity index (χ0v) is 12.4. The number of carbonyl (C=O) groups excluding carboxylic acids is 1. The van der Waals surface area contributed by atoms with Gasteiger partial charge in [-0.15, -0.1) is 0 Å². The number of pyridine rings is 1. The van der Waals surface area contributed by atoms with Crippen molar-refractivity contribution in [1.29, 1.82) is 0 Å². The largest absolute Gasteiger partial charge is 0.380 e. The molecule has 1 amide bonds. The standard InChI is InChI=1S/C14H21N5O2/c1-3-21-7-6-19-13(9-16-8-12(15)20)18-11-5-4-10(2)17-14(11)19/h4-5,16H,3,6-9H2,1-2H3,(H2,15,20). The second-order valence-corrected chi connectivity index (χ2v) is 4.74. The highest BCUT2D eigenvalue weighted by Crippen LogP contribution is 2.15. The van der Waals surface area contributed by atoms with Gasteiger partial charge in [0, 0.05) is 18.8 Å². The highest BCUT2D eigenvalue weighted by atomic mass is 16.5. The van der Waals surface area contributed by atoms with Crippen molar-refractivity contribution < 1.29 is 9.53 Å². The Morgan fingerprint density at radius 1 is 1.43 bits per heavy atom. The number of nitrogens with zero attached hydrogens (tertiary/aromatic N) is 3. The van der Waals surface area contributed by atoms with Crippen LogP contribution in [0, 0.1) is 6.92 Å². The molecule has 2 aromatic heterocycles. The molecule has 7 heteroatoms. The van der Waals surface area contributed by atoms with Crippen molar-refractivity contribution in [2.24, 2.45) is 5.73 Å². The normalized spacial score (nSPS) is 11.1. The van der Waals surface area contributed by atoms with Crippen LogP contribution >= 0.6 is 0 Å². The number of imidazole rings is 1. The Morgan fingerprint density at radius 2 is 2.24 bits per heavy atom. The average Bonchev–Trinajstić information content (AvgIpc) is 2.76. The first-order valence-electron chi connectivity index (χ1n) is 7.01. The molecule has 0 aliphatic rings. The first kappa shape index (κ1) is 15.4. The van der Waals surface area contributed by atoms with Crippen molar-refractivity contribution in [3.63, 3.8) is 0 Å². The minimum atomic E-state index is -0.388. The summed E-state index contributed by atoms with van der Waals surface area (Å²) in [6.07, 6.45) is 0. The maximum absolute atomic E-state index is 10.8. The summed E-state index contributed by atoms with van der Waals surface area (Å²) in [5, 5.41) is 2.98. The lowest BCUT2D eigenvalue weighted by Gasteiger charge is -2.09. The van der Waals surface area contributed by atoms with Crippen LogP contribution in [-0.4, -0.2) is 40.2 Å². The molecule has 0 aliphatic carbocycles. The van der Waals surface area contributed by atoms with E-state index in [4.69, 9.17) is 10.5 Å². The number of nitrogens with two attached hydrogens (primary N) is 1. The van der Waals surface area contributed by atoms with Crippen molar-refractivity contribution in [2.75, 3.05) is 19.8 Å². The van der Waals surface area contributed by atoms with Crippen molar-refractivity contribution >= 4 is 17.1 Å². The molecule has 0 fully saturated rings. The fraction of sp³-hybridized carbons (Fsp3) is 0.500.